The van der Waals surface area contributed by atoms with E-state index in [-0.39, 0.29) is 35.6 Å². The van der Waals surface area contributed by atoms with Crippen molar-refractivity contribution in [3.8, 4) is 0 Å². The molecule has 9 nitrogen and oxygen atoms in total. The van der Waals surface area contributed by atoms with Crippen LogP contribution < -0.4 is 5.56 Å². The minimum absolute atomic E-state index is 0.0821. The van der Waals surface area contributed by atoms with E-state index in [1.807, 2.05) is 32.8 Å². The van der Waals surface area contributed by atoms with Crippen LogP contribution in [0.15, 0.2) is 10.9 Å². The van der Waals surface area contributed by atoms with Gasteiger partial charge in [-0.2, -0.15) is 0 Å². The van der Waals surface area contributed by atoms with Crippen molar-refractivity contribution in [2.45, 2.75) is 45.6 Å². The molecular formula is C22H33N3O6. The van der Waals surface area contributed by atoms with E-state index in [0.29, 0.717) is 32.4 Å². The van der Waals surface area contributed by atoms with Gasteiger partial charge < -0.3 is 24.2 Å². The first kappa shape index (κ1) is 24.6. The summed E-state index contributed by atoms with van der Waals surface area (Å²) >= 11 is 0. The summed E-state index contributed by atoms with van der Waals surface area (Å²) in [6, 6.07) is 1.71. The predicted molar refractivity (Wildman–Crippen MR) is 115 cm³/mol. The van der Waals surface area contributed by atoms with Gasteiger partial charge in [-0.1, -0.05) is 6.92 Å². The van der Waals surface area contributed by atoms with Gasteiger partial charge in [-0.3, -0.25) is 19.2 Å². The second kappa shape index (κ2) is 10.1. The highest BCUT2D eigenvalue weighted by Crippen LogP contribution is 2.43. The summed E-state index contributed by atoms with van der Waals surface area (Å²) < 4.78 is 7.16. The summed E-state index contributed by atoms with van der Waals surface area (Å²) in [6.45, 7) is 5.34. The van der Waals surface area contributed by atoms with Crippen LogP contribution in [0, 0.1) is 12.3 Å². The second-order valence-corrected chi connectivity index (χ2v) is 8.58. The molecule has 0 aromatic carbocycles. The van der Waals surface area contributed by atoms with Gasteiger partial charge >= 0.3 is 5.97 Å². The van der Waals surface area contributed by atoms with Crippen molar-refractivity contribution in [2.24, 2.45) is 12.5 Å². The topological polar surface area (TPSA) is 109 Å². The molecule has 0 radical (unpaired) electrons. The maximum atomic E-state index is 13.0. The van der Waals surface area contributed by atoms with Crippen LogP contribution in [-0.4, -0.2) is 77.7 Å². The molecule has 1 aromatic rings. The molecule has 0 saturated carbocycles. The number of carbonyl (C=O) groups is 3. The Hall–Kier alpha value is -2.68. The van der Waals surface area contributed by atoms with E-state index >= 15 is 0 Å². The third-order valence-corrected chi connectivity index (χ3v) is 6.22. The lowest BCUT2D eigenvalue weighted by Gasteiger charge is -2.36. The van der Waals surface area contributed by atoms with Gasteiger partial charge in [-0.15, -0.1) is 0 Å². The summed E-state index contributed by atoms with van der Waals surface area (Å²) in [4.78, 5) is 50.3. The van der Waals surface area contributed by atoms with Gasteiger partial charge in [0.15, 0.2) is 0 Å². The Kier molecular flexibility index (Phi) is 8.00. The summed E-state index contributed by atoms with van der Waals surface area (Å²) in [5.41, 5.74) is 1.38. The summed E-state index contributed by atoms with van der Waals surface area (Å²) in [5.74, 6) is -0.372. The molecule has 2 fully saturated rings. The second-order valence-electron chi connectivity index (χ2n) is 8.58. The molecule has 2 saturated heterocycles. The number of carboxylic acid groups (broad SMARTS) is 1. The van der Waals surface area contributed by atoms with Crippen molar-refractivity contribution >= 4 is 18.3 Å². The highest BCUT2D eigenvalue weighted by atomic mass is 16.6. The standard InChI is InChI=1S/C21H31N3O4.CH2O2/c1-6-17-14(2)11-16(18(25)23(17)5)19(26)24-9-7-21(8-10-24)12-15(13-22(3)4)28-20(21)27;2-1-3/h11,15H,6-10,12-13H2,1-5H3;1H,(H,2,3). The number of ether oxygens (including phenoxy) is 1. The summed E-state index contributed by atoms with van der Waals surface area (Å²) in [6.07, 6.45) is 2.55. The largest absolute Gasteiger partial charge is 0.483 e. The normalized spacial score (nSPS) is 19.7. The van der Waals surface area contributed by atoms with Crippen LogP contribution in [0.1, 0.15) is 47.8 Å². The molecule has 9 heteroatoms. The SMILES string of the molecule is CCc1c(C)cc(C(=O)N2CCC3(CC2)CC(CN(C)C)OC3=O)c(=O)n1C.O=CO. The van der Waals surface area contributed by atoms with Crippen molar-refractivity contribution < 1.29 is 24.2 Å². The van der Waals surface area contributed by atoms with Gasteiger partial charge in [-0.25, -0.2) is 0 Å². The lowest BCUT2D eigenvalue weighted by atomic mass is 9.76. The minimum Gasteiger partial charge on any atom is -0.483 e. The lowest BCUT2D eigenvalue weighted by Crippen LogP contribution is -2.46. The fourth-order valence-corrected chi connectivity index (χ4v) is 4.66. The Morgan fingerprint density at radius 2 is 1.90 bits per heavy atom. The van der Waals surface area contributed by atoms with Crippen molar-refractivity contribution in [3.05, 3.63) is 33.2 Å². The Labute approximate surface area is 182 Å². The number of aromatic nitrogens is 1. The van der Waals surface area contributed by atoms with Crippen LogP contribution in [-0.2, 0) is 27.8 Å². The molecule has 31 heavy (non-hydrogen) atoms. The third kappa shape index (κ3) is 5.15. The number of piperidine rings is 1. The first-order chi connectivity index (χ1) is 14.6. The van der Waals surface area contributed by atoms with E-state index in [0.717, 1.165) is 24.2 Å². The van der Waals surface area contributed by atoms with Crippen molar-refractivity contribution in [3.63, 3.8) is 0 Å². The van der Waals surface area contributed by atoms with Gasteiger partial charge in [-0.05, 0) is 51.9 Å². The fourth-order valence-electron chi connectivity index (χ4n) is 4.66. The minimum atomic E-state index is -0.482. The van der Waals surface area contributed by atoms with Crippen LogP contribution >= 0.6 is 0 Å². The lowest BCUT2D eigenvalue weighted by molar-refractivity contribution is -0.150. The molecule has 3 heterocycles. The van der Waals surface area contributed by atoms with Gasteiger partial charge in [0.05, 0.1) is 5.41 Å². The van der Waals surface area contributed by atoms with E-state index in [4.69, 9.17) is 14.6 Å². The number of rotatable bonds is 4. The van der Waals surface area contributed by atoms with Crippen LogP contribution in [0.2, 0.25) is 0 Å². The van der Waals surface area contributed by atoms with Crippen LogP contribution in [0.4, 0.5) is 0 Å². The third-order valence-electron chi connectivity index (χ3n) is 6.22. The number of amides is 1. The maximum Gasteiger partial charge on any atom is 0.312 e. The zero-order valence-electron chi connectivity index (χ0n) is 19.0. The average molecular weight is 436 g/mol. The first-order valence-corrected chi connectivity index (χ1v) is 10.5. The Morgan fingerprint density at radius 1 is 1.32 bits per heavy atom. The van der Waals surface area contributed by atoms with Crippen LogP contribution in [0.3, 0.4) is 0 Å². The number of hydrogen-bond donors (Lipinski definition) is 1. The molecule has 172 valence electrons. The number of hydrogen-bond acceptors (Lipinski definition) is 6. The highest BCUT2D eigenvalue weighted by molar-refractivity contribution is 5.94. The fraction of sp³-hybridized carbons (Fsp3) is 0.636. The quantitative estimate of drug-likeness (QED) is 0.556. The van der Waals surface area contributed by atoms with Crippen molar-refractivity contribution in [2.75, 3.05) is 33.7 Å². The van der Waals surface area contributed by atoms with Crippen molar-refractivity contribution in [1.29, 1.82) is 0 Å². The number of aryl methyl sites for hydroxylation is 1. The Morgan fingerprint density at radius 3 is 2.42 bits per heavy atom. The molecule has 1 N–H and O–H groups in total. The maximum absolute atomic E-state index is 13.0. The average Bonchev–Trinajstić information content (AvgIpc) is 2.99. The number of carbonyl (C=O) groups excluding carboxylic acids is 2. The number of nitrogens with zero attached hydrogens (tertiary/aromatic N) is 3. The predicted octanol–water partition coefficient (Wildman–Crippen LogP) is 1.06. The summed E-state index contributed by atoms with van der Waals surface area (Å²) in [5, 5.41) is 6.89. The van der Waals surface area contributed by atoms with E-state index in [1.54, 1.807) is 22.6 Å². The molecule has 1 aromatic heterocycles. The van der Waals surface area contributed by atoms with Gasteiger partial charge in [0.1, 0.15) is 11.7 Å². The number of esters is 1. The zero-order valence-corrected chi connectivity index (χ0v) is 19.0. The number of likely N-dealkylation sites (N-methyl/N-ethyl adjacent to an activating group) is 1. The first-order valence-electron chi connectivity index (χ1n) is 10.5. The smallest absolute Gasteiger partial charge is 0.312 e. The molecule has 2 aliphatic rings. The molecule has 1 atom stereocenters. The van der Waals surface area contributed by atoms with E-state index in [9.17, 15) is 14.4 Å². The van der Waals surface area contributed by atoms with Gasteiger partial charge in [0.25, 0.3) is 17.9 Å². The summed E-state index contributed by atoms with van der Waals surface area (Å²) in [7, 11) is 5.65. The van der Waals surface area contributed by atoms with Crippen LogP contribution in [0.5, 0.6) is 0 Å². The number of cyclic esters (lactones) is 1. The molecule has 0 bridgehead atoms. The number of pyridine rings is 1. The molecule has 3 rings (SSSR count). The Balaban J connectivity index is 0.00000107. The molecular weight excluding hydrogens is 402 g/mol. The molecule has 1 unspecified atom stereocenters. The zero-order chi connectivity index (χ0) is 23.3. The highest BCUT2D eigenvalue weighted by Gasteiger charge is 2.50. The molecule has 1 spiro atoms. The molecule has 2 aliphatic heterocycles. The monoisotopic (exact) mass is 435 g/mol. The number of likely N-dealkylation sites (tertiary alicyclic amines) is 1. The van der Waals surface area contributed by atoms with Crippen molar-refractivity contribution in [1.82, 2.24) is 14.4 Å². The Bertz CT molecular complexity index is 884. The van der Waals surface area contributed by atoms with E-state index < -0.39 is 5.41 Å². The van der Waals surface area contributed by atoms with Gasteiger partial charge in [0, 0.05) is 38.8 Å². The molecule has 0 aliphatic carbocycles. The van der Waals surface area contributed by atoms with Crippen LogP contribution in [0.25, 0.3) is 0 Å². The van der Waals surface area contributed by atoms with E-state index in [2.05, 4.69) is 0 Å². The van der Waals surface area contributed by atoms with Gasteiger partial charge in [0.2, 0.25) is 0 Å². The molecule has 1 amide bonds. The van der Waals surface area contributed by atoms with E-state index in [1.165, 1.54) is 0 Å².